The number of allylic oxidation sites excluding steroid dienone is 2. The van der Waals surface area contributed by atoms with Gasteiger partial charge in [0, 0.05) is 5.56 Å². The van der Waals surface area contributed by atoms with Gasteiger partial charge in [0.2, 0.25) is 0 Å². The molecule has 3 heteroatoms. The van der Waals surface area contributed by atoms with Crippen LogP contribution in [0.25, 0.3) is 5.57 Å². The minimum atomic E-state index is -0.410. The van der Waals surface area contributed by atoms with Crippen molar-refractivity contribution in [3.8, 4) is 0 Å². The summed E-state index contributed by atoms with van der Waals surface area (Å²) in [5.41, 5.74) is 0.838. The van der Waals surface area contributed by atoms with E-state index in [1.165, 1.54) is 25.1 Å². The Hall–Kier alpha value is -1.15. The van der Waals surface area contributed by atoms with Crippen molar-refractivity contribution in [2.24, 2.45) is 0 Å². The number of carbonyl (C=O) groups excluding carboxylic acids is 1. The van der Waals surface area contributed by atoms with E-state index in [0.717, 1.165) is 0 Å². The van der Waals surface area contributed by atoms with Gasteiger partial charge in [0.25, 0.3) is 0 Å². The predicted octanol–water partition coefficient (Wildman–Crippen LogP) is 3.47. The molecule has 0 bridgehead atoms. The highest BCUT2D eigenvalue weighted by molar-refractivity contribution is 6.32. The van der Waals surface area contributed by atoms with Crippen LogP contribution in [0.4, 0.5) is 4.39 Å². The Morgan fingerprint density at radius 2 is 2.07 bits per heavy atom. The van der Waals surface area contributed by atoms with Crippen molar-refractivity contribution < 1.29 is 9.18 Å². The molecule has 1 aromatic rings. The summed E-state index contributed by atoms with van der Waals surface area (Å²) in [7, 11) is 0. The molecular formula is C11H10ClFO. The normalized spacial score (nSPS) is 11.6. The van der Waals surface area contributed by atoms with Gasteiger partial charge in [0.05, 0.1) is 5.02 Å². The van der Waals surface area contributed by atoms with Crippen LogP contribution < -0.4 is 0 Å². The van der Waals surface area contributed by atoms with E-state index < -0.39 is 5.82 Å². The lowest BCUT2D eigenvalue weighted by atomic mass is 10.1. The van der Waals surface area contributed by atoms with Gasteiger partial charge >= 0.3 is 0 Å². The zero-order valence-corrected chi connectivity index (χ0v) is 8.73. The van der Waals surface area contributed by atoms with Gasteiger partial charge in [0.15, 0.2) is 5.78 Å². The molecule has 0 fully saturated rings. The van der Waals surface area contributed by atoms with Gasteiger partial charge in [-0.15, -0.1) is 0 Å². The summed E-state index contributed by atoms with van der Waals surface area (Å²) >= 11 is 5.82. The van der Waals surface area contributed by atoms with Crippen molar-refractivity contribution >= 4 is 23.0 Å². The molecule has 0 saturated carbocycles. The first kappa shape index (κ1) is 10.9. The van der Waals surface area contributed by atoms with E-state index in [2.05, 4.69) is 0 Å². The maximum Gasteiger partial charge on any atom is 0.152 e. The van der Waals surface area contributed by atoms with Crippen molar-refractivity contribution in [1.82, 2.24) is 0 Å². The van der Waals surface area contributed by atoms with Crippen LogP contribution in [0.5, 0.6) is 0 Å². The SMILES string of the molecule is CC(=O)/C=C(/C)c1c(F)cccc1Cl. The molecule has 0 spiro atoms. The standard InChI is InChI=1S/C11H10ClFO/c1-7(6-8(2)14)11-9(12)4-3-5-10(11)13/h3-6H,1-2H3/b7-6-. The summed E-state index contributed by atoms with van der Waals surface area (Å²) in [6.07, 6.45) is 1.37. The van der Waals surface area contributed by atoms with Gasteiger partial charge in [-0.1, -0.05) is 17.7 Å². The van der Waals surface area contributed by atoms with Gasteiger partial charge in [0.1, 0.15) is 5.82 Å². The molecule has 14 heavy (non-hydrogen) atoms. The molecule has 0 N–H and O–H groups in total. The molecule has 0 radical (unpaired) electrons. The smallest absolute Gasteiger partial charge is 0.152 e. The second-order valence-electron chi connectivity index (χ2n) is 3.03. The molecule has 1 aromatic carbocycles. The van der Waals surface area contributed by atoms with Crippen molar-refractivity contribution in [3.63, 3.8) is 0 Å². The molecule has 0 saturated heterocycles. The Kier molecular flexibility index (Phi) is 3.42. The van der Waals surface area contributed by atoms with Crippen molar-refractivity contribution in [3.05, 3.63) is 40.7 Å². The number of hydrogen-bond donors (Lipinski definition) is 0. The average molecular weight is 213 g/mol. The molecule has 0 aliphatic carbocycles. The Labute approximate surface area is 87.2 Å². The topological polar surface area (TPSA) is 17.1 Å². The summed E-state index contributed by atoms with van der Waals surface area (Å²) in [4.78, 5) is 10.8. The highest BCUT2D eigenvalue weighted by atomic mass is 35.5. The van der Waals surface area contributed by atoms with Crippen LogP contribution in [0.3, 0.4) is 0 Å². The number of carbonyl (C=O) groups is 1. The third-order valence-corrected chi connectivity index (χ3v) is 2.09. The second-order valence-corrected chi connectivity index (χ2v) is 3.44. The number of halogens is 2. The number of ketones is 1. The lowest BCUT2D eigenvalue weighted by molar-refractivity contribution is -0.112. The van der Waals surface area contributed by atoms with Crippen LogP contribution in [0.2, 0.25) is 5.02 Å². The molecule has 0 unspecified atom stereocenters. The minimum absolute atomic E-state index is 0.123. The fourth-order valence-corrected chi connectivity index (χ4v) is 1.56. The van der Waals surface area contributed by atoms with Crippen LogP contribution in [0, 0.1) is 5.82 Å². The summed E-state index contributed by atoms with van der Waals surface area (Å²) in [6.45, 7) is 3.07. The molecule has 74 valence electrons. The van der Waals surface area contributed by atoms with Crippen molar-refractivity contribution in [1.29, 1.82) is 0 Å². The second kappa shape index (κ2) is 4.38. The zero-order valence-electron chi connectivity index (χ0n) is 7.97. The molecule has 1 rings (SSSR count). The van der Waals surface area contributed by atoms with Crippen molar-refractivity contribution in [2.75, 3.05) is 0 Å². The highest BCUT2D eigenvalue weighted by Gasteiger charge is 2.08. The van der Waals surface area contributed by atoms with Crippen LogP contribution in [0.15, 0.2) is 24.3 Å². The Morgan fingerprint density at radius 1 is 1.43 bits per heavy atom. The maximum atomic E-state index is 13.3. The first-order chi connectivity index (χ1) is 6.52. The Balaban J connectivity index is 3.25. The summed E-state index contributed by atoms with van der Waals surface area (Å²) < 4.78 is 13.3. The van der Waals surface area contributed by atoms with E-state index in [1.807, 2.05) is 0 Å². The van der Waals surface area contributed by atoms with E-state index in [0.29, 0.717) is 16.2 Å². The van der Waals surface area contributed by atoms with Crippen LogP contribution >= 0.6 is 11.6 Å². The maximum absolute atomic E-state index is 13.3. The number of hydrogen-bond acceptors (Lipinski definition) is 1. The molecule has 1 nitrogen and oxygen atoms in total. The van der Waals surface area contributed by atoms with Crippen LogP contribution in [0.1, 0.15) is 19.4 Å². The quantitative estimate of drug-likeness (QED) is 0.686. The minimum Gasteiger partial charge on any atom is -0.295 e. The molecular weight excluding hydrogens is 203 g/mol. The average Bonchev–Trinajstić information content (AvgIpc) is 2.01. The largest absolute Gasteiger partial charge is 0.295 e. The van der Waals surface area contributed by atoms with E-state index in [-0.39, 0.29) is 5.78 Å². The predicted molar refractivity (Wildman–Crippen MR) is 55.7 cm³/mol. The summed E-state index contributed by atoms with van der Waals surface area (Å²) in [5, 5.41) is 0.319. The molecule has 0 aliphatic heterocycles. The van der Waals surface area contributed by atoms with E-state index in [9.17, 15) is 9.18 Å². The third-order valence-electron chi connectivity index (χ3n) is 1.78. The van der Waals surface area contributed by atoms with Gasteiger partial charge in [-0.25, -0.2) is 4.39 Å². The lowest BCUT2D eigenvalue weighted by Crippen LogP contribution is -1.91. The molecule has 0 heterocycles. The first-order valence-corrected chi connectivity index (χ1v) is 4.53. The van der Waals surface area contributed by atoms with E-state index in [1.54, 1.807) is 13.0 Å². The van der Waals surface area contributed by atoms with Crippen molar-refractivity contribution in [2.45, 2.75) is 13.8 Å². The van der Waals surface area contributed by atoms with Crippen LogP contribution in [-0.4, -0.2) is 5.78 Å². The lowest BCUT2D eigenvalue weighted by Gasteiger charge is -2.04. The van der Waals surface area contributed by atoms with Gasteiger partial charge in [-0.05, 0) is 37.6 Å². The Bertz CT molecular complexity index is 376. The molecule has 0 aromatic heterocycles. The molecule has 0 amide bonds. The van der Waals surface area contributed by atoms with E-state index in [4.69, 9.17) is 11.6 Å². The van der Waals surface area contributed by atoms with Gasteiger partial charge < -0.3 is 0 Å². The fourth-order valence-electron chi connectivity index (χ4n) is 1.25. The molecule has 0 aliphatic rings. The first-order valence-electron chi connectivity index (χ1n) is 4.15. The summed E-state index contributed by atoms with van der Waals surface area (Å²) in [6, 6.07) is 4.44. The summed E-state index contributed by atoms with van der Waals surface area (Å²) in [5.74, 6) is -0.533. The Morgan fingerprint density at radius 3 is 2.57 bits per heavy atom. The van der Waals surface area contributed by atoms with Gasteiger partial charge in [-0.3, -0.25) is 4.79 Å². The number of benzene rings is 1. The molecule has 0 atom stereocenters. The fraction of sp³-hybridized carbons (Fsp3) is 0.182. The monoisotopic (exact) mass is 212 g/mol. The van der Waals surface area contributed by atoms with Gasteiger partial charge in [-0.2, -0.15) is 0 Å². The zero-order chi connectivity index (χ0) is 10.7. The van der Waals surface area contributed by atoms with Crippen LogP contribution in [-0.2, 0) is 4.79 Å². The highest BCUT2D eigenvalue weighted by Crippen LogP contribution is 2.26. The third kappa shape index (κ3) is 2.42. The van der Waals surface area contributed by atoms with E-state index >= 15 is 0 Å². The number of rotatable bonds is 2.